The van der Waals surface area contributed by atoms with E-state index in [2.05, 4.69) is 131 Å². The molecule has 0 saturated heterocycles. The minimum absolute atomic E-state index is 1.11. The summed E-state index contributed by atoms with van der Waals surface area (Å²) in [6, 6.07) is 42.4. The molecule has 0 spiro atoms. The van der Waals surface area contributed by atoms with Gasteiger partial charge in [0.2, 0.25) is 0 Å². The van der Waals surface area contributed by atoms with Gasteiger partial charge < -0.3 is 0 Å². The van der Waals surface area contributed by atoms with Crippen molar-refractivity contribution in [2.45, 2.75) is 4.44 Å². The normalized spacial score (nSPS) is 11.3. The van der Waals surface area contributed by atoms with Crippen molar-refractivity contribution in [3.63, 3.8) is 0 Å². The SMILES string of the molecule is Brc1ccc([CH2][Sn]([c]2ccccc2)([c]2ccccc2)[c]2ccccc2)cc1. The Morgan fingerprint density at radius 3 is 1.22 bits per heavy atom. The Balaban J connectivity index is 1.98. The number of benzene rings is 4. The average molecular weight is 520 g/mol. The van der Waals surface area contributed by atoms with E-state index in [-0.39, 0.29) is 0 Å². The molecule has 0 nitrogen and oxygen atoms in total. The van der Waals surface area contributed by atoms with Gasteiger partial charge in [-0.1, -0.05) is 0 Å². The summed E-state index contributed by atoms with van der Waals surface area (Å²) in [5.74, 6) is 0. The van der Waals surface area contributed by atoms with Gasteiger partial charge in [-0.2, -0.15) is 0 Å². The van der Waals surface area contributed by atoms with Gasteiger partial charge in [-0.25, -0.2) is 0 Å². The van der Waals surface area contributed by atoms with Gasteiger partial charge in [0.15, 0.2) is 0 Å². The first-order chi connectivity index (χ1) is 13.3. The van der Waals surface area contributed by atoms with Crippen molar-refractivity contribution in [2.75, 3.05) is 0 Å². The second-order valence-corrected chi connectivity index (χ2v) is 18.8. The van der Waals surface area contributed by atoms with Crippen LogP contribution < -0.4 is 10.7 Å². The molecule has 4 aromatic rings. The molecule has 0 aromatic heterocycles. The molecule has 0 heterocycles. The third-order valence-corrected chi connectivity index (χ3v) is 19.7. The van der Waals surface area contributed by atoms with Gasteiger partial charge in [-0.15, -0.1) is 0 Å². The Morgan fingerprint density at radius 2 is 0.852 bits per heavy atom. The number of hydrogen-bond acceptors (Lipinski definition) is 0. The Hall–Kier alpha value is -1.84. The molecular weight excluding hydrogens is 499 g/mol. The monoisotopic (exact) mass is 520 g/mol. The zero-order valence-electron chi connectivity index (χ0n) is 15.1. The van der Waals surface area contributed by atoms with Crippen molar-refractivity contribution in [2.24, 2.45) is 0 Å². The Labute approximate surface area is 173 Å². The summed E-state index contributed by atoms with van der Waals surface area (Å²) in [5.41, 5.74) is 1.41. The number of rotatable bonds is 5. The van der Waals surface area contributed by atoms with Crippen LogP contribution in [0.5, 0.6) is 0 Å². The molecule has 0 atom stereocenters. The van der Waals surface area contributed by atoms with Gasteiger partial charge in [-0.05, 0) is 0 Å². The predicted octanol–water partition coefficient (Wildman–Crippen LogP) is 4.70. The molecule has 0 amide bonds. The van der Waals surface area contributed by atoms with Gasteiger partial charge in [-0.3, -0.25) is 0 Å². The molecule has 0 N–H and O–H groups in total. The van der Waals surface area contributed by atoms with E-state index in [1.807, 2.05) is 0 Å². The summed E-state index contributed by atoms with van der Waals surface area (Å²) in [6.45, 7) is 0. The van der Waals surface area contributed by atoms with Crippen LogP contribution in [-0.2, 0) is 4.44 Å². The van der Waals surface area contributed by atoms with E-state index in [4.69, 9.17) is 0 Å². The fourth-order valence-electron chi connectivity index (χ4n) is 3.88. The van der Waals surface area contributed by atoms with Crippen LogP contribution in [-0.4, -0.2) is 18.4 Å². The molecule has 0 aliphatic heterocycles. The quantitative estimate of drug-likeness (QED) is 0.335. The number of hydrogen-bond donors (Lipinski definition) is 0. The summed E-state index contributed by atoms with van der Waals surface area (Å²) < 4.78 is 6.80. The van der Waals surface area contributed by atoms with Crippen LogP contribution in [0.1, 0.15) is 5.56 Å². The molecular formula is C25H21BrSn. The van der Waals surface area contributed by atoms with E-state index < -0.39 is 18.4 Å². The van der Waals surface area contributed by atoms with E-state index in [1.54, 1.807) is 0 Å². The van der Waals surface area contributed by atoms with Crippen LogP contribution in [0.15, 0.2) is 120 Å². The molecule has 0 bridgehead atoms. The van der Waals surface area contributed by atoms with Gasteiger partial charge >= 0.3 is 175 Å². The van der Waals surface area contributed by atoms with Crippen LogP contribution in [0.3, 0.4) is 0 Å². The first kappa shape index (κ1) is 18.5. The topological polar surface area (TPSA) is 0 Å². The molecule has 0 aliphatic rings. The van der Waals surface area contributed by atoms with Crippen LogP contribution >= 0.6 is 15.9 Å². The molecule has 4 aromatic carbocycles. The van der Waals surface area contributed by atoms with E-state index in [0.717, 1.165) is 8.91 Å². The van der Waals surface area contributed by atoms with Crippen molar-refractivity contribution in [3.8, 4) is 0 Å². The first-order valence-electron chi connectivity index (χ1n) is 9.20. The first-order valence-corrected chi connectivity index (χ1v) is 16.3. The number of halogens is 1. The Kier molecular flexibility index (Phi) is 5.80. The van der Waals surface area contributed by atoms with Crippen molar-refractivity contribution < 1.29 is 0 Å². The minimum atomic E-state index is -3.20. The standard InChI is InChI=1S/C7H6Br.3C6H5.Sn/c1-6-2-4-7(8)5-3-6;3*1-2-4-6-5-3-1;/h2-5H,1H2;3*1-5H;. The zero-order chi connectivity index (χ0) is 18.5. The Bertz CT molecular complexity index is 884. The van der Waals surface area contributed by atoms with E-state index in [1.165, 1.54) is 16.3 Å². The molecule has 4 rings (SSSR count). The molecule has 0 aliphatic carbocycles. The summed E-state index contributed by atoms with van der Waals surface area (Å²) >= 11 is 0.377. The average Bonchev–Trinajstić information content (AvgIpc) is 2.75. The molecule has 0 fully saturated rings. The maximum absolute atomic E-state index is 3.58. The van der Waals surface area contributed by atoms with Crippen LogP contribution in [0.2, 0.25) is 0 Å². The van der Waals surface area contributed by atoms with Crippen LogP contribution in [0, 0.1) is 0 Å². The molecule has 0 saturated carbocycles. The zero-order valence-corrected chi connectivity index (χ0v) is 19.5. The summed E-state index contributed by atoms with van der Waals surface area (Å²) in [7, 11) is 0. The molecule has 27 heavy (non-hydrogen) atoms. The summed E-state index contributed by atoms with van der Waals surface area (Å²) in [4.78, 5) is 0. The van der Waals surface area contributed by atoms with Crippen molar-refractivity contribution in [3.05, 3.63) is 125 Å². The van der Waals surface area contributed by atoms with E-state index in [9.17, 15) is 0 Å². The fourth-order valence-corrected chi connectivity index (χ4v) is 17.7. The molecule has 2 heteroatoms. The summed E-state index contributed by atoms with van der Waals surface area (Å²) in [5, 5.41) is 0. The van der Waals surface area contributed by atoms with E-state index in [0.29, 0.717) is 0 Å². The predicted molar refractivity (Wildman–Crippen MR) is 122 cm³/mol. The van der Waals surface area contributed by atoms with Crippen LogP contribution in [0.25, 0.3) is 0 Å². The van der Waals surface area contributed by atoms with Crippen molar-refractivity contribution in [1.82, 2.24) is 0 Å². The van der Waals surface area contributed by atoms with E-state index >= 15 is 0 Å². The Morgan fingerprint density at radius 1 is 0.481 bits per heavy atom. The molecule has 0 unspecified atom stereocenters. The summed E-state index contributed by atoms with van der Waals surface area (Å²) in [6.07, 6.45) is 0. The van der Waals surface area contributed by atoms with Crippen molar-refractivity contribution >= 4 is 45.0 Å². The van der Waals surface area contributed by atoms with Gasteiger partial charge in [0.1, 0.15) is 0 Å². The van der Waals surface area contributed by atoms with Gasteiger partial charge in [0.25, 0.3) is 0 Å². The second-order valence-electron chi connectivity index (χ2n) is 6.81. The van der Waals surface area contributed by atoms with Gasteiger partial charge in [0.05, 0.1) is 0 Å². The van der Waals surface area contributed by atoms with Gasteiger partial charge in [0, 0.05) is 0 Å². The molecule has 132 valence electrons. The second kappa shape index (κ2) is 8.45. The maximum atomic E-state index is 3.58. The third kappa shape index (κ3) is 3.90. The fraction of sp³-hybridized carbons (Fsp3) is 0.0400. The van der Waals surface area contributed by atoms with Crippen molar-refractivity contribution in [1.29, 1.82) is 0 Å². The van der Waals surface area contributed by atoms with Crippen LogP contribution in [0.4, 0.5) is 0 Å². The molecule has 0 radical (unpaired) electrons. The third-order valence-electron chi connectivity index (χ3n) is 5.18.